The van der Waals surface area contributed by atoms with Crippen LogP contribution in [0.15, 0.2) is 24.3 Å². The first-order valence-corrected chi connectivity index (χ1v) is 6.65. The van der Waals surface area contributed by atoms with Crippen LogP contribution in [-0.2, 0) is 16.0 Å². The maximum atomic E-state index is 8.95. The number of likely N-dealkylation sites (tertiary alicyclic amines) is 1. The number of nitriles is 1. The van der Waals surface area contributed by atoms with Crippen molar-refractivity contribution < 1.29 is 9.47 Å². The largest absolute Gasteiger partial charge is 0.380 e. The lowest BCUT2D eigenvalue weighted by Crippen LogP contribution is -2.32. The number of hydrogen-bond acceptors (Lipinski definition) is 4. The van der Waals surface area contributed by atoms with Crippen molar-refractivity contribution in [2.24, 2.45) is 5.92 Å². The lowest BCUT2D eigenvalue weighted by Gasteiger charge is -2.22. The number of benzene rings is 1. The van der Waals surface area contributed by atoms with Crippen molar-refractivity contribution in [3.05, 3.63) is 35.4 Å². The maximum absolute atomic E-state index is 8.95. The molecule has 4 nitrogen and oxygen atoms in total. The standard InChI is InChI=1S/C15H18N2O2/c1-18-15-8-17(14-10-19-9-13(14)15)7-12-4-2-3-11(5-12)6-16/h2-5,13-15H,7-10H2,1H3/t13-,14+,15+/m1/s1. The van der Waals surface area contributed by atoms with Crippen LogP contribution in [0.4, 0.5) is 0 Å². The van der Waals surface area contributed by atoms with Gasteiger partial charge in [-0.25, -0.2) is 0 Å². The van der Waals surface area contributed by atoms with Crippen LogP contribution in [0.1, 0.15) is 11.1 Å². The predicted molar refractivity (Wildman–Crippen MR) is 70.5 cm³/mol. The Bertz CT molecular complexity index is 497. The van der Waals surface area contributed by atoms with Crippen molar-refractivity contribution in [2.75, 3.05) is 26.9 Å². The normalized spacial score (nSPS) is 30.2. The molecule has 1 aromatic carbocycles. The highest BCUT2D eigenvalue weighted by Crippen LogP contribution is 2.32. The second-order valence-electron chi connectivity index (χ2n) is 5.28. The minimum Gasteiger partial charge on any atom is -0.380 e. The summed E-state index contributed by atoms with van der Waals surface area (Å²) in [4.78, 5) is 2.42. The average molecular weight is 258 g/mol. The molecule has 0 saturated carbocycles. The first-order chi connectivity index (χ1) is 9.31. The molecule has 1 aromatic rings. The summed E-state index contributed by atoms with van der Waals surface area (Å²) in [6, 6.07) is 10.5. The molecular formula is C15H18N2O2. The molecule has 3 atom stereocenters. The van der Waals surface area contributed by atoms with Crippen LogP contribution in [0, 0.1) is 17.2 Å². The molecule has 2 saturated heterocycles. The van der Waals surface area contributed by atoms with Gasteiger partial charge in [0.1, 0.15) is 0 Å². The van der Waals surface area contributed by atoms with E-state index >= 15 is 0 Å². The third kappa shape index (κ3) is 2.37. The first-order valence-electron chi connectivity index (χ1n) is 6.65. The summed E-state index contributed by atoms with van der Waals surface area (Å²) < 4.78 is 11.1. The molecule has 2 fully saturated rings. The van der Waals surface area contributed by atoms with Crippen LogP contribution in [0.25, 0.3) is 0 Å². The van der Waals surface area contributed by atoms with E-state index in [-0.39, 0.29) is 6.10 Å². The monoisotopic (exact) mass is 258 g/mol. The summed E-state index contributed by atoms with van der Waals surface area (Å²) in [5.74, 6) is 0.490. The number of hydrogen-bond donors (Lipinski definition) is 0. The van der Waals surface area contributed by atoms with E-state index in [1.54, 1.807) is 7.11 Å². The van der Waals surface area contributed by atoms with Crippen molar-refractivity contribution >= 4 is 0 Å². The average Bonchev–Trinajstić information content (AvgIpc) is 3.03. The Morgan fingerprint density at radius 2 is 2.37 bits per heavy atom. The molecular weight excluding hydrogens is 240 g/mol. The third-order valence-electron chi connectivity index (χ3n) is 4.20. The van der Waals surface area contributed by atoms with Crippen molar-refractivity contribution in [1.29, 1.82) is 5.26 Å². The van der Waals surface area contributed by atoms with Gasteiger partial charge in [-0.1, -0.05) is 12.1 Å². The zero-order valence-corrected chi connectivity index (χ0v) is 11.1. The van der Waals surface area contributed by atoms with Crippen LogP contribution in [-0.4, -0.2) is 43.9 Å². The summed E-state index contributed by atoms with van der Waals surface area (Å²) in [6.45, 7) is 3.41. The summed E-state index contributed by atoms with van der Waals surface area (Å²) >= 11 is 0. The van der Waals surface area contributed by atoms with E-state index in [0.717, 1.165) is 31.9 Å². The number of ether oxygens (including phenoxy) is 2. The van der Waals surface area contributed by atoms with Gasteiger partial charge in [0.15, 0.2) is 0 Å². The van der Waals surface area contributed by atoms with Crippen molar-refractivity contribution in [1.82, 2.24) is 4.90 Å². The second-order valence-corrected chi connectivity index (χ2v) is 5.28. The van der Waals surface area contributed by atoms with Crippen LogP contribution in [0.3, 0.4) is 0 Å². The van der Waals surface area contributed by atoms with E-state index in [1.165, 1.54) is 5.56 Å². The molecule has 4 heteroatoms. The molecule has 0 aliphatic carbocycles. The molecule has 2 heterocycles. The summed E-state index contributed by atoms with van der Waals surface area (Å²) in [5.41, 5.74) is 1.90. The first kappa shape index (κ1) is 12.6. The number of fused-ring (bicyclic) bond motifs is 1. The molecule has 0 N–H and O–H groups in total. The van der Waals surface area contributed by atoms with Crippen LogP contribution in [0.2, 0.25) is 0 Å². The van der Waals surface area contributed by atoms with Gasteiger partial charge in [-0.05, 0) is 17.7 Å². The van der Waals surface area contributed by atoms with E-state index in [2.05, 4.69) is 17.0 Å². The van der Waals surface area contributed by atoms with E-state index < -0.39 is 0 Å². The van der Waals surface area contributed by atoms with Crippen LogP contribution in [0.5, 0.6) is 0 Å². The van der Waals surface area contributed by atoms with Crippen molar-refractivity contribution in [3.8, 4) is 6.07 Å². The van der Waals surface area contributed by atoms with Gasteiger partial charge >= 0.3 is 0 Å². The van der Waals surface area contributed by atoms with Gasteiger partial charge in [0.05, 0.1) is 31.0 Å². The fourth-order valence-corrected chi connectivity index (χ4v) is 3.20. The van der Waals surface area contributed by atoms with Gasteiger partial charge in [0.2, 0.25) is 0 Å². The number of methoxy groups -OCH3 is 1. The zero-order valence-electron chi connectivity index (χ0n) is 11.1. The number of rotatable bonds is 3. The highest BCUT2D eigenvalue weighted by Gasteiger charge is 2.45. The smallest absolute Gasteiger partial charge is 0.0991 e. The Kier molecular flexibility index (Phi) is 3.52. The van der Waals surface area contributed by atoms with Gasteiger partial charge in [-0.3, -0.25) is 4.90 Å². The Morgan fingerprint density at radius 3 is 3.16 bits per heavy atom. The summed E-state index contributed by atoms with van der Waals surface area (Å²) in [5, 5.41) is 8.95. The highest BCUT2D eigenvalue weighted by molar-refractivity contribution is 5.32. The van der Waals surface area contributed by atoms with Crippen molar-refractivity contribution in [3.63, 3.8) is 0 Å². The molecule has 0 spiro atoms. The Balaban J connectivity index is 1.74. The molecule has 0 aromatic heterocycles. The molecule has 100 valence electrons. The quantitative estimate of drug-likeness (QED) is 0.822. The van der Waals surface area contributed by atoms with Crippen LogP contribution < -0.4 is 0 Å². The van der Waals surface area contributed by atoms with E-state index in [0.29, 0.717) is 12.0 Å². The molecule has 0 radical (unpaired) electrons. The van der Waals surface area contributed by atoms with E-state index in [9.17, 15) is 0 Å². The summed E-state index contributed by atoms with van der Waals surface area (Å²) in [6.07, 6.45) is 0.270. The topological polar surface area (TPSA) is 45.5 Å². The molecule has 3 rings (SSSR count). The van der Waals surface area contributed by atoms with Gasteiger partial charge in [0.25, 0.3) is 0 Å². The van der Waals surface area contributed by atoms with Crippen molar-refractivity contribution in [2.45, 2.75) is 18.7 Å². The number of nitrogens with zero attached hydrogens (tertiary/aromatic N) is 2. The Labute approximate surface area is 113 Å². The minimum absolute atomic E-state index is 0.270. The lowest BCUT2D eigenvalue weighted by atomic mass is 10.0. The maximum Gasteiger partial charge on any atom is 0.0991 e. The molecule has 19 heavy (non-hydrogen) atoms. The molecule has 0 bridgehead atoms. The fourth-order valence-electron chi connectivity index (χ4n) is 3.20. The summed E-state index contributed by atoms with van der Waals surface area (Å²) in [7, 11) is 1.78. The van der Waals surface area contributed by atoms with Gasteiger partial charge < -0.3 is 9.47 Å². The highest BCUT2D eigenvalue weighted by atomic mass is 16.5. The van der Waals surface area contributed by atoms with E-state index in [4.69, 9.17) is 14.7 Å². The van der Waals surface area contributed by atoms with Crippen LogP contribution >= 0.6 is 0 Å². The molecule has 0 unspecified atom stereocenters. The molecule has 2 aliphatic heterocycles. The fraction of sp³-hybridized carbons (Fsp3) is 0.533. The molecule has 2 aliphatic rings. The van der Waals surface area contributed by atoms with Gasteiger partial charge in [0, 0.05) is 32.2 Å². The Morgan fingerprint density at radius 1 is 1.47 bits per heavy atom. The Hall–Kier alpha value is -1.41. The van der Waals surface area contributed by atoms with Gasteiger partial charge in [-0.15, -0.1) is 0 Å². The zero-order chi connectivity index (χ0) is 13.2. The predicted octanol–water partition coefficient (Wildman–Crippen LogP) is 1.40. The molecule has 0 amide bonds. The SMILES string of the molecule is CO[C@H]1CN(Cc2cccc(C#N)c2)[C@H]2COC[C@@H]12. The lowest BCUT2D eigenvalue weighted by molar-refractivity contribution is 0.0532. The third-order valence-corrected chi connectivity index (χ3v) is 4.20. The van der Waals surface area contributed by atoms with Gasteiger partial charge in [-0.2, -0.15) is 5.26 Å². The van der Waals surface area contributed by atoms with E-state index in [1.807, 2.05) is 18.2 Å². The minimum atomic E-state index is 0.270. The second kappa shape index (κ2) is 5.30.